The van der Waals surface area contributed by atoms with Crippen LogP contribution in [0.15, 0.2) is 249 Å². The first-order valence-electron chi connectivity index (χ1n) is 20.3. The number of fused-ring (bicyclic) bond motifs is 1. The summed E-state index contributed by atoms with van der Waals surface area (Å²) in [5.74, 6) is 0. The van der Waals surface area contributed by atoms with Crippen LogP contribution >= 0.6 is 0 Å². The topological polar surface area (TPSA) is 3.24 Å². The molecular formula is C58H41N. The highest BCUT2D eigenvalue weighted by atomic mass is 15.1. The summed E-state index contributed by atoms with van der Waals surface area (Å²) in [5.41, 5.74) is 17.6. The van der Waals surface area contributed by atoms with E-state index in [9.17, 15) is 0 Å². The molecule has 1 nitrogen and oxygen atoms in total. The van der Waals surface area contributed by atoms with E-state index in [1.54, 1.807) is 0 Å². The molecule has 0 N–H and O–H groups in total. The molecule has 0 aliphatic carbocycles. The van der Waals surface area contributed by atoms with Gasteiger partial charge in [0.1, 0.15) is 0 Å². The number of hydrogen-bond acceptors (Lipinski definition) is 1. The van der Waals surface area contributed by atoms with Gasteiger partial charge in [0, 0.05) is 16.8 Å². The first-order valence-corrected chi connectivity index (χ1v) is 20.3. The second-order valence-corrected chi connectivity index (χ2v) is 14.9. The minimum atomic E-state index is 1.08. The lowest BCUT2D eigenvalue weighted by Gasteiger charge is -2.30. The van der Waals surface area contributed by atoms with E-state index in [-0.39, 0.29) is 0 Å². The standard InChI is InChI=1S/C58H41N/c1-3-18-46(19-4-1)51-23-9-10-25-53(51)54-26-11-12-27-55(54)56-28-14-16-30-58(56)59(57-29-15-13-24-52(57)47-20-5-2-6-21-47)50-39-37-44(38-40-50)43-31-33-45(34-32-43)49-36-35-42-17-7-8-22-48(42)41-49/h1-41H. The molecule has 10 rings (SSSR count). The number of hydrogen-bond donors (Lipinski definition) is 0. The zero-order chi connectivity index (χ0) is 39.4. The fourth-order valence-corrected chi connectivity index (χ4v) is 8.40. The zero-order valence-electron chi connectivity index (χ0n) is 32.6. The molecule has 0 radical (unpaired) electrons. The summed E-state index contributed by atoms with van der Waals surface area (Å²) in [5, 5.41) is 2.51. The highest BCUT2D eigenvalue weighted by Gasteiger charge is 2.22. The van der Waals surface area contributed by atoms with Crippen molar-refractivity contribution in [1.82, 2.24) is 0 Å². The molecular weight excluding hydrogens is 711 g/mol. The maximum Gasteiger partial charge on any atom is 0.0540 e. The van der Waals surface area contributed by atoms with Gasteiger partial charge in [-0.2, -0.15) is 0 Å². The normalized spacial score (nSPS) is 11.1. The third kappa shape index (κ3) is 7.12. The summed E-state index contributed by atoms with van der Waals surface area (Å²) in [6.07, 6.45) is 0. The Morgan fingerprint density at radius 3 is 1.19 bits per heavy atom. The Morgan fingerprint density at radius 2 is 0.576 bits per heavy atom. The lowest BCUT2D eigenvalue weighted by Crippen LogP contribution is -2.12. The minimum absolute atomic E-state index is 1.08. The van der Waals surface area contributed by atoms with E-state index in [4.69, 9.17) is 0 Å². The van der Waals surface area contributed by atoms with Crippen molar-refractivity contribution in [3.63, 3.8) is 0 Å². The highest BCUT2D eigenvalue weighted by Crippen LogP contribution is 2.47. The Kier molecular flexibility index (Phi) is 9.68. The van der Waals surface area contributed by atoms with Gasteiger partial charge >= 0.3 is 0 Å². The van der Waals surface area contributed by atoms with Crippen molar-refractivity contribution in [3.05, 3.63) is 249 Å². The van der Waals surface area contributed by atoms with Gasteiger partial charge < -0.3 is 4.90 Å². The molecule has 10 aromatic carbocycles. The van der Waals surface area contributed by atoms with E-state index in [1.165, 1.54) is 72.0 Å². The average Bonchev–Trinajstić information content (AvgIpc) is 3.33. The summed E-state index contributed by atoms with van der Waals surface area (Å²) in [4.78, 5) is 2.43. The molecule has 0 aliphatic rings. The first kappa shape index (κ1) is 35.7. The molecule has 0 aromatic heterocycles. The van der Waals surface area contributed by atoms with Crippen LogP contribution in [0.3, 0.4) is 0 Å². The van der Waals surface area contributed by atoms with Crippen molar-refractivity contribution < 1.29 is 0 Å². The Bertz CT molecular complexity index is 3020. The molecule has 0 unspecified atom stereocenters. The van der Waals surface area contributed by atoms with Gasteiger partial charge in [0.05, 0.1) is 11.4 Å². The fourth-order valence-electron chi connectivity index (χ4n) is 8.40. The van der Waals surface area contributed by atoms with Crippen LogP contribution in [0.5, 0.6) is 0 Å². The van der Waals surface area contributed by atoms with Gasteiger partial charge in [0.2, 0.25) is 0 Å². The number of nitrogens with zero attached hydrogens (tertiary/aromatic N) is 1. The molecule has 0 aliphatic heterocycles. The van der Waals surface area contributed by atoms with Crippen molar-refractivity contribution in [2.45, 2.75) is 0 Å². The molecule has 0 atom stereocenters. The van der Waals surface area contributed by atoms with Gasteiger partial charge in [-0.05, 0) is 96.7 Å². The third-order valence-electron chi connectivity index (χ3n) is 11.3. The van der Waals surface area contributed by atoms with Crippen molar-refractivity contribution >= 4 is 27.8 Å². The fraction of sp³-hybridized carbons (Fsp3) is 0. The summed E-state index contributed by atoms with van der Waals surface area (Å²) in [7, 11) is 0. The van der Waals surface area contributed by atoms with E-state index in [2.05, 4.69) is 254 Å². The molecule has 0 saturated carbocycles. The summed E-state index contributed by atoms with van der Waals surface area (Å²) in [6, 6.07) is 89.8. The van der Waals surface area contributed by atoms with Crippen LogP contribution in [0, 0.1) is 0 Å². The van der Waals surface area contributed by atoms with Gasteiger partial charge in [-0.15, -0.1) is 0 Å². The van der Waals surface area contributed by atoms with Gasteiger partial charge in [-0.3, -0.25) is 0 Å². The van der Waals surface area contributed by atoms with Crippen molar-refractivity contribution in [2.24, 2.45) is 0 Å². The van der Waals surface area contributed by atoms with Crippen LogP contribution < -0.4 is 4.90 Å². The van der Waals surface area contributed by atoms with E-state index in [1.807, 2.05) is 0 Å². The second-order valence-electron chi connectivity index (χ2n) is 14.9. The van der Waals surface area contributed by atoms with E-state index in [0.29, 0.717) is 0 Å². The number of rotatable bonds is 9. The van der Waals surface area contributed by atoms with E-state index >= 15 is 0 Å². The number of anilines is 3. The number of benzene rings is 10. The lowest BCUT2D eigenvalue weighted by molar-refractivity contribution is 1.28. The highest BCUT2D eigenvalue weighted by molar-refractivity contribution is 5.99. The zero-order valence-corrected chi connectivity index (χ0v) is 32.6. The molecule has 278 valence electrons. The molecule has 0 fully saturated rings. The molecule has 0 saturated heterocycles. The Balaban J connectivity index is 1.09. The second kappa shape index (κ2) is 16.0. The van der Waals surface area contributed by atoms with Gasteiger partial charge in [-0.1, -0.05) is 218 Å². The number of para-hydroxylation sites is 2. The quantitative estimate of drug-likeness (QED) is 0.142. The molecule has 0 heterocycles. The van der Waals surface area contributed by atoms with Crippen molar-refractivity contribution in [3.8, 4) is 66.8 Å². The van der Waals surface area contributed by atoms with E-state index in [0.717, 1.165) is 22.6 Å². The monoisotopic (exact) mass is 751 g/mol. The van der Waals surface area contributed by atoms with Crippen LogP contribution in [-0.2, 0) is 0 Å². The van der Waals surface area contributed by atoms with Crippen LogP contribution in [0.2, 0.25) is 0 Å². The molecule has 0 amide bonds. The van der Waals surface area contributed by atoms with Gasteiger partial charge in [-0.25, -0.2) is 0 Å². The van der Waals surface area contributed by atoms with Gasteiger partial charge in [0.15, 0.2) is 0 Å². The average molecular weight is 752 g/mol. The third-order valence-corrected chi connectivity index (χ3v) is 11.3. The summed E-state index contributed by atoms with van der Waals surface area (Å²) < 4.78 is 0. The maximum atomic E-state index is 2.43. The smallest absolute Gasteiger partial charge is 0.0540 e. The summed E-state index contributed by atoms with van der Waals surface area (Å²) in [6.45, 7) is 0. The van der Waals surface area contributed by atoms with Crippen LogP contribution in [-0.4, -0.2) is 0 Å². The molecule has 10 aromatic rings. The molecule has 0 bridgehead atoms. The first-order chi connectivity index (χ1) is 29.3. The van der Waals surface area contributed by atoms with Crippen LogP contribution in [0.25, 0.3) is 77.5 Å². The van der Waals surface area contributed by atoms with Crippen molar-refractivity contribution in [2.75, 3.05) is 4.90 Å². The maximum absolute atomic E-state index is 2.43. The summed E-state index contributed by atoms with van der Waals surface area (Å²) >= 11 is 0. The van der Waals surface area contributed by atoms with Gasteiger partial charge in [0.25, 0.3) is 0 Å². The Labute approximate surface area is 346 Å². The molecule has 59 heavy (non-hydrogen) atoms. The molecule has 1 heteroatoms. The lowest BCUT2D eigenvalue weighted by atomic mass is 9.88. The largest absolute Gasteiger partial charge is 0.309 e. The SMILES string of the molecule is c1ccc(-c2ccccc2-c2ccccc2-c2ccccc2N(c2ccc(-c3ccc(-c4ccc5ccccc5c4)cc3)cc2)c2ccccc2-c2ccccc2)cc1. The predicted octanol–water partition coefficient (Wildman–Crippen LogP) is 16.3. The van der Waals surface area contributed by atoms with Crippen LogP contribution in [0.1, 0.15) is 0 Å². The predicted molar refractivity (Wildman–Crippen MR) is 251 cm³/mol. The minimum Gasteiger partial charge on any atom is -0.309 e. The van der Waals surface area contributed by atoms with E-state index < -0.39 is 0 Å². The Morgan fingerprint density at radius 1 is 0.203 bits per heavy atom. The van der Waals surface area contributed by atoms with Crippen molar-refractivity contribution in [1.29, 1.82) is 0 Å². The Hall–Kier alpha value is -7.74. The molecule has 0 spiro atoms. The van der Waals surface area contributed by atoms with Crippen LogP contribution in [0.4, 0.5) is 17.1 Å².